The molecule has 4 aliphatic rings. The molecule has 1 aliphatic carbocycles. The molecule has 3 heterocycles. The van der Waals surface area contributed by atoms with E-state index in [0.29, 0.717) is 40.5 Å². The molecule has 8 nitrogen and oxygen atoms in total. The van der Waals surface area contributed by atoms with Gasteiger partial charge in [-0.3, -0.25) is 19.3 Å². The molecular formula is C36H44Cl2N4O4. The summed E-state index contributed by atoms with van der Waals surface area (Å²) in [6.45, 7) is 9.37. The Hall–Kier alpha value is -2.91. The van der Waals surface area contributed by atoms with Crippen molar-refractivity contribution in [3.63, 3.8) is 0 Å². The predicted molar refractivity (Wildman–Crippen MR) is 180 cm³/mol. The lowest BCUT2D eigenvalue weighted by atomic mass is 9.73. The lowest BCUT2D eigenvalue weighted by Crippen LogP contribution is -2.58. The van der Waals surface area contributed by atoms with Crippen molar-refractivity contribution < 1.29 is 19.1 Å². The van der Waals surface area contributed by atoms with Crippen molar-refractivity contribution in [3.05, 3.63) is 76.3 Å². The van der Waals surface area contributed by atoms with Crippen LogP contribution in [-0.2, 0) is 25.7 Å². The molecule has 6 rings (SSSR count). The van der Waals surface area contributed by atoms with Crippen LogP contribution in [0, 0.1) is 23.7 Å². The Kier molecular flexibility index (Phi) is 9.81. The molecule has 3 aliphatic heterocycles. The first-order valence-electron chi connectivity index (χ1n) is 16.6. The number of hydrogen-bond donors (Lipinski definition) is 2. The maximum absolute atomic E-state index is 14.4. The van der Waals surface area contributed by atoms with E-state index in [0.717, 1.165) is 38.9 Å². The average Bonchev–Trinajstić information content (AvgIpc) is 3.66. The van der Waals surface area contributed by atoms with Crippen LogP contribution in [0.3, 0.4) is 0 Å². The normalized spacial score (nSPS) is 31.4. The SMILES string of the molecule is CCN(CCCN1C(=O)[C@@H]2[C@H](C(=O)Nc3cc(Cl)cc(Cl)c3)[C@@H]3C=C[C@@]2(O3)[C@@H]1C(=O)N[C@@H]1CCC[C@@H](C)[C@H]1C)Cc1ccccc1. The zero-order valence-corrected chi connectivity index (χ0v) is 28.3. The molecule has 3 fully saturated rings. The van der Waals surface area contributed by atoms with Gasteiger partial charge in [0.2, 0.25) is 17.7 Å². The maximum atomic E-state index is 14.4. The standard InChI is InChI=1S/C36H44Cl2N4O4/c1-4-41(21-24-11-6-5-7-12-24)16-9-17-42-32(34(44)40-28-13-8-10-22(2)23(28)3)36-15-14-29(46-36)30(31(36)35(42)45)33(43)39-27-19-25(37)18-26(38)20-27/h5-7,11-12,14-15,18-20,22-23,28-32H,4,8-10,13,16-17,21H2,1-3H3,(H,39,43)(H,40,44)/t22-,23-,28-,29+,30-,31+,32+,36+/m1/s1. The zero-order valence-electron chi connectivity index (χ0n) is 26.8. The van der Waals surface area contributed by atoms with Crippen LogP contribution < -0.4 is 10.6 Å². The number of nitrogens with zero attached hydrogens (tertiary/aromatic N) is 2. The van der Waals surface area contributed by atoms with Crippen LogP contribution in [0.25, 0.3) is 0 Å². The van der Waals surface area contributed by atoms with Crippen LogP contribution in [0.1, 0.15) is 52.0 Å². The van der Waals surface area contributed by atoms with Crippen LogP contribution in [0.4, 0.5) is 5.69 Å². The molecule has 0 aromatic heterocycles. The van der Waals surface area contributed by atoms with Crippen molar-refractivity contribution in [2.24, 2.45) is 23.7 Å². The molecule has 2 N–H and O–H groups in total. The molecule has 10 heteroatoms. The first-order chi connectivity index (χ1) is 22.1. The van der Waals surface area contributed by atoms with Crippen LogP contribution in [-0.4, -0.2) is 70.9 Å². The number of nitrogens with one attached hydrogen (secondary N) is 2. The summed E-state index contributed by atoms with van der Waals surface area (Å²) in [5.74, 6) is -1.56. The fourth-order valence-electron chi connectivity index (χ4n) is 8.06. The Morgan fingerprint density at radius 1 is 1.07 bits per heavy atom. The number of fused-ring (bicyclic) bond motifs is 1. The molecule has 2 saturated heterocycles. The molecule has 2 aromatic rings. The summed E-state index contributed by atoms with van der Waals surface area (Å²) in [4.78, 5) is 46.6. The highest BCUT2D eigenvalue weighted by molar-refractivity contribution is 6.35. The van der Waals surface area contributed by atoms with E-state index in [9.17, 15) is 14.4 Å². The van der Waals surface area contributed by atoms with Gasteiger partial charge < -0.3 is 20.3 Å². The van der Waals surface area contributed by atoms with Gasteiger partial charge in [0.1, 0.15) is 11.6 Å². The number of ether oxygens (including phenoxy) is 1. The van der Waals surface area contributed by atoms with Gasteiger partial charge in [-0.15, -0.1) is 0 Å². The first-order valence-corrected chi connectivity index (χ1v) is 17.4. The number of amides is 3. The van der Waals surface area contributed by atoms with Crippen molar-refractivity contribution in [3.8, 4) is 0 Å². The number of anilines is 1. The van der Waals surface area contributed by atoms with Gasteiger partial charge in [0.15, 0.2) is 0 Å². The van der Waals surface area contributed by atoms with Crippen LogP contribution >= 0.6 is 23.2 Å². The number of halogens is 2. The van der Waals surface area contributed by atoms with Crippen molar-refractivity contribution in [2.45, 2.75) is 76.8 Å². The largest absolute Gasteiger partial charge is 0.359 e. The Labute approximate surface area is 281 Å². The predicted octanol–water partition coefficient (Wildman–Crippen LogP) is 5.94. The minimum atomic E-state index is -1.21. The van der Waals surface area contributed by atoms with E-state index in [1.807, 2.05) is 30.4 Å². The smallest absolute Gasteiger partial charge is 0.246 e. The second-order valence-electron chi connectivity index (χ2n) is 13.5. The number of hydrogen-bond acceptors (Lipinski definition) is 5. The summed E-state index contributed by atoms with van der Waals surface area (Å²) in [5, 5.41) is 7.02. The Morgan fingerprint density at radius 3 is 2.52 bits per heavy atom. The summed E-state index contributed by atoms with van der Waals surface area (Å²) >= 11 is 12.4. The second kappa shape index (κ2) is 13.7. The van der Waals surface area contributed by atoms with Crippen molar-refractivity contribution in [2.75, 3.05) is 25.0 Å². The number of carbonyl (C=O) groups excluding carboxylic acids is 3. The fourth-order valence-corrected chi connectivity index (χ4v) is 8.59. The summed E-state index contributed by atoms with van der Waals surface area (Å²) < 4.78 is 6.54. The van der Waals surface area contributed by atoms with Crippen molar-refractivity contribution in [1.82, 2.24) is 15.1 Å². The fraction of sp³-hybridized carbons (Fsp3) is 0.528. The van der Waals surface area contributed by atoms with Gasteiger partial charge in [-0.1, -0.05) is 99.3 Å². The molecule has 2 bridgehead atoms. The number of likely N-dealkylation sites (tertiary alicyclic amines) is 1. The summed E-state index contributed by atoms with van der Waals surface area (Å²) in [5.41, 5.74) is 0.463. The summed E-state index contributed by atoms with van der Waals surface area (Å²) in [6.07, 6.45) is 6.88. The molecule has 2 aromatic carbocycles. The van der Waals surface area contributed by atoms with Gasteiger partial charge >= 0.3 is 0 Å². The number of carbonyl (C=O) groups is 3. The van der Waals surface area contributed by atoms with Gasteiger partial charge in [-0.25, -0.2) is 0 Å². The van der Waals surface area contributed by atoms with Gasteiger partial charge in [-0.2, -0.15) is 0 Å². The number of rotatable bonds is 11. The quantitative estimate of drug-likeness (QED) is 0.290. The molecule has 246 valence electrons. The molecular weight excluding hydrogens is 623 g/mol. The molecule has 0 radical (unpaired) electrons. The van der Waals surface area contributed by atoms with E-state index in [-0.39, 0.29) is 23.8 Å². The van der Waals surface area contributed by atoms with E-state index >= 15 is 0 Å². The average molecular weight is 668 g/mol. The van der Waals surface area contributed by atoms with E-state index in [4.69, 9.17) is 27.9 Å². The van der Waals surface area contributed by atoms with Crippen molar-refractivity contribution >= 4 is 46.6 Å². The highest BCUT2D eigenvalue weighted by Gasteiger charge is 2.72. The van der Waals surface area contributed by atoms with Gasteiger partial charge in [0.25, 0.3) is 0 Å². The maximum Gasteiger partial charge on any atom is 0.246 e. The summed E-state index contributed by atoms with van der Waals surface area (Å²) in [7, 11) is 0. The molecule has 3 amide bonds. The van der Waals surface area contributed by atoms with Crippen LogP contribution in [0.2, 0.25) is 10.0 Å². The van der Waals surface area contributed by atoms with E-state index in [2.05, 4.69) is 48.4 Å². The molecule has 1 spiro atoms. The minimum absolute atomic E-state index is 0.0272. The molecule has 46 heavy (non-hydrogen) atoms. The Bertz CT molecular complexity index is 1470. The third-order valence-electron chi connectivity index (χ3n) is 10.7. The topological polar surface area (TPSA) is 91.0 Å². The lowest BCUT2D eigenvalue weighted by molar-refractivity contribution is -0.141. The highest BCUT2D eigenvalue weighted by Crippen LogP contribution is 2.55. The first kappa shape index (κ1) is 33.0. The van der Waals surface area contributed by atoms with Crippen LogP contribution in [0.15, 0.2) is 60.7 Å². The Balaban J connectivity index is 1.24. The van der Waals surface area contributed by atoms with Gasteiger partial charge in [0.05, 0.1) is 17.9 Å². The zero-order chi connectivity index (χ0) is 32.6. The number of benzene rings is 2. The molecule has 0 unspecified atom stereocenters. The lowest BCUT2D eigenvalue weighted by Gasteiger charge is -2.38. The summed E-state index contributed by atoms with van der Waals surface area (Å²) in [6, 6.07) is 14.3. The third kappa shape index (κ3) is 6.34. The highest BCUT2D eigenvalue weighted by atomic mass is 35.5. The van der Waals surface area contributed by atoms with Crippen LogP contribution in [0.5, 0.6) is 0 Å². The van der Waals surface area contributed by atoms with E-state index in [1.54, 1.807) is 23.1 Å². The minimum Gasteiger partial charge on any atom is -0.359 e. The monoisotopic (exact) mass is 666 g/mol. The van der Waals surface area contributed by atoms with E-state index < -0.39 is 29.6 Å². The second-order valence-corrected chi connectivity index (χ2v) is 14.3. The van der Waals surface area contributed by atoms with Gasteiger partial charge in [0, 0.05) is 41.4 Å². The van der Waals surface area contributed by atoms with Gasteiger partial charge in [-0.05, 0) is 55.0 Å². The third-order valence-corrected chi connectivity index (χ3v) is 11.1. The van der Waals surface area contributed by atoms with Crippen molar-refractivity contribution in [1.29, 1.82) is 0 Å². The molecule has 8 atom stereocenters. The molecule has 1 saturated carbocycles. The Morgan fingerprint density at radius 2 is 1.80 bits per heavy atom. The van der Waals surface area contributed by atoms with E-state index in [1.165, 1.54) is 5.56 Å².